The summed E-state index contributed by atoms with van der Waals surface area (Å²) in [6, 6.07) is 9.70. The predicted molar refractivity (Wildman–Crippen MR) is 114 cm³/mol. The van der Waals surface area contributed by atoms with Gasteiger partial charge in [0.2, 0.25) is 5.75 Å². The van der Waals surface area contributed by atoms with Crippen LogP contribution in [0.3, 0.4) is 0 Å². The van der Waals surface area contributed by atoms with E-state index in [9.17, 15) is 13.2 Å². The van der Waals surface area contributed by atoms with Crippen molar-refractivity contribution in [2.75, 3.05) is 32.8 Å². The molecule has 1 saturated heterocycles. The molecule has 3 rings (SSSR count). The predicted octanol–water partition coefficient (Wildman–Crippen LogP) is 3.20. The quantitative estimate of drug-likeness (QED) is 0.640. The van der Waals surface area contributed by atoms with Gasteiger partial charge in [-0.1, -0.05) is 17.7 Å². The number of amides is 1. The molecular weight excluding hydrogens is 430 g/mol. The fourth-order valence-corrected chi connectivity index (χ4v) is 5.52. The number of sulfone groups is 1. The number of ether oxygens (including phenoxy) is 3. The number of halogens is 1. The van der Waals surface area contributed by atoms with Crippen LogP contribution in [0.5, 0.6) is 17.2 Å². The summed E-state index contributed by atoms with van der Waals surface area (Å²) in [5.74, 6) is 1.08. The Morgan fingerprint density at radius 2 is 1.77 bits per heavy atom. The normalized spacial score (nSPS) is 17.4. The van der Waals surface area contributed by atoms with Gasteiger partial charge in [-0.25, -0.2) is 8.42 Å². The van der Waals surface area contributed by atoms with Gasteiger partial charge in [-0.15, -0.1) is 0 Å². The summed E-state index contributed by atoms with van der Waals surface area (Å²) in [4.78, 5) is 14.9. The highest BCUT2D eigenvalue weighted by molar-refractivity contribution is 7.91. The van der Waals surface area contributed by atoms with E-state index in [-0.39, 0.29) is 24.0 Å². The van der Waals surface area contributed by atoms with Crippen LogP contribution in [0.4, 0.5) is 0 Å². The molecule has 0 bridgehead atoms. The van der Waals surface area contributed by atoms with Crippen LogP contribution in [0.25, 0.3) is 0 Å². The van der Waals surface area contributed by atoms with E-state index in [2.05, 4.69) is 0 Å². The number of rotatable bonds is 7. The van der Waals surface area contributed by atoms with Gasteiger partial charge >= 0.3 is 0 Å². The first-order valence-corrected chi connectivity index (χ1v) is 11.5. The third kappa shape index (κ3) is 4.82. The number of carbonyl (C=O) groups is 1. The van der Waals surface area contributed by atoms with E-state index in [0.29, 0.717) is 34.3 Å². The summed E-state index contributed by atoms with van der Waals surface area (Å²) >= 11 is 6.06. The lowest BCUT2D eigenvalue weighted by Crippen LogP contribution is -2.40. The molecule has 0 saturated carbocycles. The molecule has 0 N–H and O–H groups in total. The second-order valence-corrected chi connectivity index (χ2v) is 9.70. The van der Waals surface area contributed by atoms with Crippen LogP contribution in [0.2, 0.25) is 5.02 Å². The van der Waals surface area contributed by atoms with Gasteiger partial charge in [-0.2, -0.15) is 0 Å². The van der Waals surface area contributed by atoms with Crippen molar-refractivity contribution in [3.63, 3.8) is 0 Å². The number of nitrogens with zero attached hydrogens (tertiary/aromatic N) is 1. The second-order valence-electron chi connectivity index (χ2n) is 7.03. The summed E-state index contributed by atoms with van der Waals surface area (Å²) in [5.41, 5.74) is 1.13. The van der Waals surface area contributed by atoms with Gasteiger partial charge in [-0.3, -0.25) is 4.79 Å². The zero-order chi connectivity index (χ0) is 21.9. The molecule has 1 fully saturated rings. The van der Waals surface area contributed by atoms with E-state index < -0.39 is 15.9 Å². The number of carbonyl (C=O) groups excluding carboxylic acids is 1. The molecule has 0 radical (unpaired) electrons. The lowest BCUT2D eigenvalue weighted by molar-refractivity contribution is 0.0680. The molecule has 1 unspecified atom stereocenters. The fraction of sp³-hybridized carbons (Fsp3) is 0.381. The Hall–Kier alpha value is -2.45. The average molecular weight is 454 g/mol. The van der Waals surface area contributed by atoms with Crippen molar-refractivity contribution in [1.82, 2.24) is 4.90 Å². The summed E-state index contributed by atoms with van der Waals surface area (Å²) in [6.45, 7) is 0.183. The second kappa shape index (κ2) is 9.14. The van der Waals surface area contributed by atoms with E-state index in [0.717, 1.165) is 5.56 Å². The molecule has 0 aromatic heterocycles. The molecule has 9 heteroatoms. The standard InChI is InChI=1S/C21H24ClNO6S/c1-27-18-9-14(10-19(28-2)20(18)29-3)12-23(17-7-8-30(25,26)13-17)21(24)15-5-4-6-16(22)11-15/h4-6,9-11,17H,7-8,12-13H2,1-3H3. The summed E-state index contributed by atoms with van der Waals surface area (Å²) in [5, 5.41) is 0.438. The summed E-state index contributed by atoms with van der Waals surface area (Å²) in [7, 11) is 1.36. The average Bonchev–Trinajstić information content (AvgIpc) is 3.09. The third-order valence-corrected chi connectivity index (χ3v) is 7.04. The Morgan fingerprint density at radius 3 is 2.27 bits per heavy atom. The Labute approximate surface area is 181 Å². The molecular formula is C21H24ClNO6S. The van der Waals surface area contributed by atoms with Crippen molar-refractivity contribution < 1.29 is 27.4 Å². The SMILES string of the molecule is COc1cc(CN(C(=O)c2cccc(Cl)c2)C2CCS(=O)(=O)C2)cc(OC)c1OC. The van der Waals surface area contributed by atoms with E-state index in [1.807, 2.05) is 0 Å². The van der Waals surface area contributed by atoms with E-state index in [4.69, 9.17) is 25.8 Å². The molecule has 30 heavy (non-hydrogen) atoms. The lowest BCUT2D eigenvalue weighted by atomic mass is 10.1. The van der Waals surface area contributed by atoms with Crippen LogP contribution in [0.1, 0.15) is 22.3 Å². The van der Waals surface area contributed by atoms with Gasteiger partial charge < -0.3 is 19.1 Å². The summed E-state index contributed by atoms with van der Waals surface area (Å²) < 4.78 is 40.3. The molecule has 2 aromatic rings. The monoisotopic (exact) mass is 453 g/mol. The van der Waals surface area contributed by atoms with Crippen molar-refractivity contribution in [2.24, 2.45) is 0 Å². The van der Waals surface area contributed by atoms with Crippen molar-refractivity contribution in [2.45, 2.75) is 19.0 Å². The first-order chi connectivity index (χ1) is 14.3. The van der Waals surface area contributed by atoms with E-state index in [1.165, 1.54) is 21.3 Å². The highest BCUT2D eigenvalue weighted by atomic mass is 35.5. The number of methoxy groups -OCH3 is 3. The van der Waals surface area contributed by atoms with Crippen LogP contribution in [0, 0.1) is 0 Å². The van der Waals surface area contributed by atoms with Gasteiger partial charge in [0, 0.05) is 23.2 Å². The first-order valence-electron chi connectivity index (χ1n) is 9.34. The zero-order valence-electron chi connectivity index (χ0n) is 17.1. The van der Waals surface area contributed by atoms with Crippen LogP contribution in [-0.2, 0) is 16.4 Å². The molecule has 1 aliphatic heterocycles. The maximum Gasteiger partial charge on any atom is 0.254 e. The minimum atomic E-state index is -3.18. The van der Waals surface area contributed by atoms with Crippen molar-refractivity contribution in [3.8, 4) is 17.2 Å². The highest BCUT2D eigenvalue weighted by Crippen LogP contribution is 2.39. The first kappa shape index (κ1) is 22.2. The Balaban J connectivity index is 2.00. The topological polar surface area (TPSA) is 82.1 Å². The molecule has 2 aromatic carbocycles. The molecule has 1 amide bonds. The minimum absolute atomic E-state index is 0.0618. The van der Waals surface area contributed by atoms with Crippen molar-refractivity contribution in [1.29, 1.82) is 0 Å². The van der Waals surface area contributed by atoms with Crippen molar-refractivity contribution in [3.05, 3.63) is 52.5 Å². The largest absolute Gasteiger partial charge is 0.493 e. The highest BCUT2D eigenvalue weighted by Gasteiger charge is 2.35. The summed E-state index contributed by atoms with van der Waals surface area (Å²) in [6.07, 6.45) is 0.388. The molecule has 7 nitrogen and oxygen atoms in total. The van der Waals surface area contributed by atoms with Crippen LogP contribution in [0.15, 0.2) is 36.4 Å². The van der Waals surface area contributed by atoms with E-state index >= 15 is 0 Å². The van der Waals surface area contributed by atoms with Crippen molar-refractivity contribution >= 4 is 27.3 Å². The van der Waals surface area contributed by atoms with Crippen LogP contribution >= 0.6 is 11.6 Å². The Bertz CT molecular complexity index is 1010. The number of hydrogen-bond donors (Lipinski definition) is 0. The molecule has 1 heterocycles. The fourth-order valence-electron chi connectivity index (χ4n) is 3.60. The van der Waals surface area contributed by atoms with Crippen LogP contribution in [-0.4, -0.2) is 58.1 Å². The molecule has 1 atom stereocenters. The maximum absolute atomic E-state index is 13.3. The van der Waals surface area contributed by atoms with Gasteiger partial charge in [0.1, 0.15) is 0 Å². The van der Waals surface area contributed by atoms with E-state index in [1.54, 1.807) is 41.3 Å². The lowest BCUT2D eigenvalue weighted by Gasteiger charge is -2.29. The molecule has 0 spiro atoms. The number of hydrogen-bond acceptors (Lipinski definition) is 6. The van der Waals surface area contributed by atoms with Gasteiger partial charge in [0.25, 0.3) is 5.91 Å². The molecule has 1 aliphatic rings. The Kier molecular flexibility index (Phi) is 6.77. The molecule has 162 valence electrons. The smallest absolute Gasteiger partial charge is 0.254 e. The maximum atomic E-state index is 13.3. The zero-order valence-corrected chi connectivity index (χ0v) is 18.6. The third-order valence-electron chi connectivity index (χ3n) is 5.06. The van der Waals surface area contributed by atoms with Gasteiger partial charge in [-0.05, 0) is 42.3 Å². The number of benzene rings is 2. The van der Waals surface area contributed by atoms with Gasteiger partial charge in [0.15, 0.2) is 21.3 Å². The molecule has 0 aliphatic carbocycles. The van der Waals surface area contributed by atoms with Crippen LogP contribution < -0.4 is 14.2 Å². The Morgan fingerprint density at radius 1 is 1.10 bits per heavy atom. The minimum Gasteiger partial charge on any atom is -0.493 e. The van der Waals surface area contributed by atoms with Gasteiger partial charge in [0.05, 0.1) is 32.8 Å².